The molecule has 1 heterocycles. The van der Waals surface area contributed by atoms with Crippen molar-refractivity contribution in [1.29, 1.82) is 0 Å². The van der Waals surface area contributed by atoms with Crippen molar-refractivity contribution < 1.29 is 9.90 Å². The van der Waals surface area contributed by atoms with E-state index in [1.54, 1.807) is 0 Å². The highest BCUT2D eigenvalue weighted by Crippen LogP contribution is 2.24. The number of carboxylic acids is 1. The van der Waals surface area contributed by atoms with Crippen LogP contribution in [0.4, 0.5) is 5.82 Å². The number of aliphatic carboxylic acids is 1. The molecular formula is C17H23N3O2. The number of hydrogen-bond acceptors (Lipinski definition) is 4. The first kappa shape index (κ1) is 16.2. The number of unbranched alkanes of at least 4 members (excludes halogenated alkanes) is 1. The van der Waals surface area contributed by atoms with Crippen molar-refractivity contribution in [2.45, 2.75) is 52.0 Å². The van der Waals surface area contributed by atoms with E-state index in [4.69, 9.17) is 0 Å². The summed E-state index contributed by atoms with van der Waals surface area (Å²) in [6.07, 6.45) is 2.42. The molecule has 22 heavy (non-hydrogen) atoms. The molecule has 0 saturated carbocycles. The number of para-hydroxylation sites is 1. The Balaban J connectivity index is 2.41. The molecule has 0 spiro atoms. The van der Waals surface area contributed by atoms with Gasteiger partial charge in [0.15, 0.2) is 0 Å². The Morgan fingerprint density at radius 2 is 2.00 bits per heavy atom. The number of carboxylic acid groups (broad SMARTS) is 1. The van der Waals surface area contributed by atoms with Gasteiger partial charge in [0, 0.05) is 11.3 Å². The molecule has 118 valence electrons. The zero-order valence-electron chi connectivity index (χ0n) is 13.3. The molecule has 0 aliphatic rings. The molecule has 5 nitrogen and oxygen atoms in total. The number of fused-ring (bicyclic) bond motifs is 1. The number of nitrogens with one attached hydrogen (secondary N) is 1. The van der Waals surface area contributed by atoms with E-state index in [0.717, 1.165) is 29.6 Å². The van der Waals surface area contributed by atoms with Crippen LogP contribution < -0.4 is 5.32 Å². The van der Waals surface area contributed by atoms with Gasteiger partial charge < -0.3 is 10.4 Å². The van der Waals surface area contributed by atoms with Crippen LogP contribution in [0.25, 0.3) is 10.9 Å². The monoisotopic (exact) mass is 301 g/mol. The number of aromatic nitrogens is 2. The average molecular weight is 301 g/mol. The Bertz CT molecular complexity index is 655. The van der Waals surface area contributed by atoms with Gasteiger partial charge in [-0.05, 0) is 18.6 Å². The maximum absolute atomic E-state index is 11.5. The van der Waals surface area contributed by atoms with E-state index in [2.05, 4.69) is 22.2 Å². The Hall–Kier alpha value is -2.17. The molecule has 0 bridgehead atoms. The summed E-state index contributed by atoms with van der Waals surface area (Å²) in [6.45, 7) is 6.11. The first-order valence-electron chi connectivity index (χ1n) is 7.79. The van der Waals surface area contributed by atoms with Crippen molar-refractivity contribution in [1.82, 2.24) is 9.97 Å². The minimum absolute atomic E-state index is 0.184. The van der Waals surface area contributed by atoms with Crippen molar-refractivity contribution in [3.63, 3.8) is 0 Å². The van der Waals surface area contributed by atoms with E-state index in [0.29, 0.717) is 12.2 Å². The molecule has 2 aromatic rings. The first-order chi connectivity index (χ1) is 10.5. The smallest absolute Gasteiger partial charge is 0.326 e. The summed E-state index contributed by atoms with van der Waals surface area (Å²) in [5.41, 5.74) is 0.836. The summed E-state index contributed by atoms with van der Waals surface area (Å²) in [7, 11) is 0. The third-order valence-electron chi connectivity index (χ3n) is 3.59. The van der Waals surface area contributed by atoms with Crippen molar-refractivity contribution in [3.8, 4) is 0 Å². The number of hydrogen-bond donors (Lipinski definition) is 2. The van der Waals surface area contributed by atoms with Crippen molar-refractivity contribution in [3.05, 3.63) is 30.1 Å². The van der Waals surface area contributed by atoms with Crippen LogP contribution in [0.3, 0.4) is 0 Å². The van der Waals surface area contributed by atoms with E-state index in [9.17, 15) is 9.90 Å². The lowest BCUT2D eigenvalue weighted by Crippen LogP contribution is -2.30. The second kappa shape index (κ2) is 7.20. The fourth-order valence-corrected chi connectivity index (χ4v) is 2.29. The van der Waals surface area contributed by atoms with Gasteiger partial charge in [0.1, 0.15) is 17.7 Å². The van der Waals surface area contributed by atoms with Gasteiger partial charge in [0.25, 0.3) is 0 Å². The molecule has 0 radical (unpaired) electrons. The summed E-state index contributed by atoms with van der Waals surface area (Å²) in [5.74, 6) is 0.671. The normalized spacial score (nSPS) is 12.5. The lowest BCUT2D eigenvalue weighted by molar-refractivity contribution is -0.138. The topological polar surface area (TPSA) is 75.1 Å². The predicted molar refractivity (Wildman–Crippen MR) is 88.2 cm³/mol. The van der Waals surface area contributed by atoms with E-state index in [-0.39, 0.29) is 5.92 Å². The van der Waals surface area contributed by atoms with Gasteiger partial charge in [0.05, 0.1) is 5.52 Å². The third-order valence-corrected chi connectivity index (χ3v) is 3.59. The summed E-state index contributed by atoms with van der Waals surface area (Å²) in [6, 6.07) is 7.05. The molecule has 1 aromatic carbocycles. The van der Waals surface area contributed by atoms with Crippen LogP contribution in [-0.2, 0) is 4.79 Å². The maximum atomic E-state index is 11.5. The van der Waals surface area contributed by atoms with Crippen LogP contribution in [0.5, 0.6) is 0 Å². The lowest BCUT2D eigenvalue weighted by Gasteiger charge is -2.17. The van der Waals surface area contributed by atoms with E-state index in [1.807, 2.05) is 38.1 Å². The maximum Gasteiger partial charge on any atom is 0.326 e. The minimum Gasteiger partial charge on any atom is -0.480 e. The molecule has 1 aromatic heterocycles. The molecule has 0 saturated heterocycles. The van der Waals surface area contributed by atoms with Crippen LogP contribution in [0.1, 0.15) is 51.8 Å². The standard InChI is InChI=1S/C17H23N3O2/c1-4-5-9-14(17(21)22)19-16-12-8-6-7-10-13(12)18-15(20-16)11(2)3/h6-8,10-11,14H,4-5,9H2,1-3H3,(H,21,22)(H,18,19,20). The van der Waals surface area contributed by atoms with Gasteiger partial charge in [-0.15, -0.1) is 0 Å². The molecule has 0 aliphatic heterocycles. The van der Waals surface area contributed by atoms with Crippen LogP contribution in [-0.4, -0.2) is 27.1 Å². The van der Waals surface area contributed by atoms with E-state index in [1.165, 1.54) is 0 Å². The molecule has 0 fully saturated rings. The number of rotatable bonds is 7. The highest BCUT2D eigenvalue weighted by atomic mass is 16.4. The van der Waals surface area contributed by atoms with Gasteiger partial charge in [-0.3, -0.25) is 0 Å². The van der Waals surface area contributed by atoms with Gasteiger partial charge in [-0.1, -0.05) is 45.7 Å². The Morgan fingerprint density at radius 3 is 2.64 bits per heavy atom. The summed E-state index contributed by atoms with van der Waals surface area (Å²) >= 11 is 0. The summed E-state index contributed by atoms with van der Waals surface area (Å²) in [4.78, 5) is 20.6. The molecule has 1 unspecified atom stereocenters. The largest absolute Gasteiger partial charge is 0.480 e. The zero-order chi connectivity index (χ0) is 16.1. The highest BCUT2D eigenvalue weighted by molar-refractivity contribution is 5.90. The van der Waals surface area contributed by atoms with E-state index >= 15 is 0 Å². The van der Waals surface area contributed by atoms with Crippen LogP contribution in [0, 0.1) is 0 Å². The Kier molecular flexibility index (Phi) is 5.31. The fraction of sp³-hybridized carbons (Fsp3) is 0.471. The number of benzene rings is 1. The Morgan fingerprint density at radius 1 is 1.27 bits per heavy atom. The molecule has 2 rings (SSSR count). The molecular weight excluding hydrogens is 278 g/mol. The zero-order valence-corrected chi connectivity index (χ0v) is 13.3. The van der Waals surface area contributed by atoms with Crippen molar-refractivity contribution >= 4 is 22.7 Å². The first-order valence-corrected chi connectivity index (χ1v) is 7.79. The summed E-state index contributed by atoms with van der Waals surface area (Å²) in [5, 5.41) is 13.4. The molecule has 2 N–H and O–H groups in total. The van der Waals surface area contributed by atoms with Crippen LogP contribution in [0.15, 0.2) is 24.3 Å². The Labute approximate surface area is 130 Å². The van der Waals surface area contributed by atoms with Gasteiger partial charge in [-0.25, -0.2) is 14.8 Å². The molecule has 0 aliphatic carbocycles. The van der Waals surface area contributed by atoms with Gasteiger partial charge in [-0.2, -0.15) is 0 Å². The molecule has 5 heteroatoms. The minimum atomic E-state index is -0.845. The predicted octanol–water partition coefficient (Wildman–Crippen LogP) is 3.81. The van der Waals surface area contributed by atoms with Crippen molar-refractivity contribution in [2.24, 2.45) is 0 Å². The van der Waals surface area contributed by atoms with Gasteiger partial charge in [0.2, 0.25) is 0 Å². The number of nitrogens with zero attached hydrogens (tertiary/aromatic N) is 2. The second-order valence-electron chi connectivity index (χ2n) is 5.78. The van der Waals surface area contributed by atoms with E-state index < -0.39 is 12.0 Å². The van der Waals surface area contributed by atoms with Gasteiger partial charge >= 0.3 is 5.97 Å². The molecule has 0 amide bonds. The number of carbonyl (C=O) groups is 1. The highest BCUT2D eigenvalue weighted by Gasteiger charge is 2.19. The third kappa shape index (κ3) is 3.72. The average Bonchev–Trinajstić information content (AvgIpc) is 2.50. The SMILES string of the molecule is CCCCC(Nc1nc(C(C)C)nc2ccccc12)C(=O)O. The van der Waals surface area contributed by atoms with Crippen LogP contribution in [0.2, 0.25) is 0 Å². The van der Waals surface area contributed by atoms with Crippen molar-refractivity contribution in [2.75, 3.05) is 5.32 Å². The van der Waals surface area contributed by atoms with Crippen LogP contribution >= 0.6 is 0 Å². The quantitative estimate of drug-likeness (QED) is 0.813. The fourth-order valence-electron chi connectivity index (χ4n) is 2.29. The molecule has 1 atom stereocenters. The summed E-state index contributed by atoms with van der Waals surface area (Å²) < 4.78 is 0. The second-order valence-corrected chi connectivity index (χ2v) is 5.78. The lowest BCUT2D eigenvalue weighted by atomic mass is 10.1. The number of anilines is 1.